The van der Waals surface area contributed by atoms with E-state index < -0.39 is 38.7 Å². The van der Waals surface area contributed by atoms with Crippen molar-refractivity contribution in [1.29, 1.82) is 0 Å². The van der Waals surface area contributed by atoms with E-state index in [1.165, 1.54) is 12.1 Å². The summed E-state index contributed by atoms with van der Waals surface area (Å²) in [6, 6.07) is 4.32. The fourth-order valence-corrected chi connectivity index (χ4v) is 4.67. The first-order valence-corrected chi connectivity index (χ1v) is 8.47. The fourth-order valence-electron chi connectivity index (χ4n) is 2.67. The molecule has 1 aliphatic carbocycles. The maximum Gasteiger partial charge on any atom is 0.416 e. The number of benzene rings is 1. The third-order valence-electron chi connectivity index (χ3n) is 3.75. The van der Waals surface area contributed by atoms with Gasteiger partial charge in [-0.05, 0) is 24.5 Å². The first-order valence-electron chi connectivity index (χ1n) is 6.76. The second kappa shape index (κ2) is 5.96. The lowest BCUT2D eigenvalue weighted by atomic mass is 9.97. The lowest BCUT2D eigenvalue weighted by molar-refractivity contribution is -0.137. The van der Waals surface area contributed by atoms with E-state index in [0.717, 1.165) is 18.6 Å². The van der Waals surface area contributed by atoms with Gasteiger partial charge in [0, 0.05) is 0 Å². The Bertz CT molecular complexity index is 596. The molecule has 21 heavy (non-hydrogen) atoms. The van der Waals surface area contributed by atoms with E-state index in [1.54, 1.807) is 0 Å². The average molecular weight is 322 g/mol. The van der Waals surface area contributed by atoms with Gasteiger partial charge in [-0.2, -0.15) is 13.2 Å². The van der Waals surface area contributed by atoms with Crippen LogP contribution >= 0.6 is 0 Å². The first kappa shape index (κ1) is 16.3. The highest BCUT2D eigenvalue weighted by Gasteiger charge is 2.35. The third-order valence-corrected chi connectivity index (χ3v) is 5.96. The van der Waals surface area contributed by atoms with Crippen molar-refractivity contribution in [1.82, 2.24) is 0 Å². The van der Waals surface area contributed by atoms with Gasteiger partial charge in [0.15, 0.2) is 9.84 Å². The number of alkyl halides is 3. The molecule has 2 rings (SSSR count). The van der Waals surface area contributed by atoms with Crippen molar-refractivity contribution < 1.29 is 26.7 Å². The summed E-state index contributed by atoms with van der Waals surface area (Å²) in [7, 11) is -3.67. The largest absolute Gasteiger partial charge is 0.416 e. The minimum absolute atomic E-state index is 0.0996. The van der Waals surface area contributed by atoms with Crippen LogP contribution in [0.4, 0.5) is 13.2 Å². The van der Waals surface area contributed by atoms with Crippen LogP contribution in [0.2, 0.25) is 0 Å². The molecule has 1 N–H and O–H groups in total. The van der Waals surface area contributed by atoms with E-state index in [4.69, 9.17) is 0 Å². The van der Waals surface area contributed by atoms with Gasteiger partial charge in [0.25, 0.3) is 0 Å². The molecule has 1 saturated carbocycles. The minimum atomic E-state index is -4.50. The Hall–Kier alpha value is -1.08. The quantitative estimate of drug-likeness (QED) is 0.931. The summed E-state index contributed by atoms with van der Waals surface area (Å²) in [6.45, 7) is 0. The molecule has 1 aromatic carbocycles. The number of hydrogen-bond donors (Lipinski definition) is 1. The van der Waals surface area contributed by atoms with Gasteiger partial charge < -0.3 is 5.11 Å². The number of aliphatic hydroxyl groups excluding tert-OH is 1. The van der Waals surface area contributed by atoms with Gasteiger partial charge in [-0.25, -0.2) is 8.42 Å². The van der Waals surface area contributed by atoms with Crippen molar-refractivity contribution in [2.75, 3.05) is 0 Å². The molecular formula is C14H17F3O3S. The number of rotatable bonds is 3. The Labute approximate surface area is 121 Å². The lowest BCUT2D eigenvalue weighted by Gasteiger charge is -2.27. The second-order valence-electron chi connectivity index (χ2n) is 5.40. The van der Waals surface area contributed by atoms with Crippen molar-refractivity contribution in [2.24, 2.45) is 0 Å². The normalized spacial score (nSPS) is 24.0. The Morgan fingerprint density at radius 1 is 1.19 bits per heavy atom. The standard InChI is InChI=1S/C14H17F3O3S/c15-14(16,17)11-5-3-4-10(8-11)9-21(19,20)13-7-2-1-6-12(13)18/h3-5,8,12-13,18H,1-2,6-7,9H2/t12-,13+/m1/s1. The number of sulfone groups is 1. The predicted molar refractivity (Wildman–Crippen MR) is 72.3 cm³/mol. The molecule has 7 heteroatoms. The molecule has 0 aromatic heterocycles. The molecular weight excluding hydrogens is 305 g/mol. The molecule has 0 aliphatic heterocycles. The molecule has 1 aliphatic rings. The summed E-state index contributed by atoms with van der Waals surface area (Å²) in [5.74, 6) is -0.474. The van der Waals surface area contributed by atoms with Crippen LogP contribution in [0.5, 0.6) is 0 Å². The highest BCUT2D eigenvalue weighted by Crippen LogP contribution is 2.31. The van der Waals surface area contributed by atoms with Crippen LogP contribution in [0.25, 0.3) is 0 Å². The van der Waals surface area contributed by atoms with E-state index >= 15 is 0 Å². The smallest absolute Gasteiger partial charge is 0.392 e. The van der Waals surface area contributed by atoms with E-state index in [-0.39, 0.29) is 5.56 Å². The highest BCUT2D eigenvalue weighted by molar-refractivity contribution is 7.91. The van der Waals surface area contributed by atoms with Gasteiger partial charge in [0.1, 0.15) is 0 Å². The van der Waals surface area contributed by atoms with E-state index in [2.05, 4.69) is 0 Å². The molecule has 1 fully saturated rings. The monoisotopic (exact) mass is 322 g/mol. The molecule has 0 amide bonds. The Morgan fingerprint density at radius 2 is 1.86 bits per heavy atom. The minimum Gasteiger partial charge on any atom is -0.392 e. The van der Waals surface area contributed by atoms with Crippen molar-refractivity contribution in [2.45, 2.75) is 49.0 Å². The fraction of sp³-hybridized carbons (Fsp3) is 0.571. The Balaban J connectivity index is 2.20. The second-order valence-corrected chi connectivity index (χ2v) is 7.62. The Morgan fingerprint density at radius 3 is 2.48 bits per heavy atom. The van der Waals surface area contributed by atoms with Crippen molar-refractivity contribution in [3.63, 3.8) is 0 Å². The highest BCUT2D eigenvalue weighted by atomic mass is 32.2. The zero-order valence-electron chi connectivity index (χ0n) is 11.3. The van der Waals surface area contributed by atoms with E-state index in [1.807, 2.05) is 0 Å². The zero-order chi connectivity index (χ0) is 15.7. The van der Waals surface area contributed by atoms with Crippen LogP contribution in [-0.4, -0.2) is 24.9 Å². The molecule has 0 spiro atoms. The number of halogens is 3. The molecule has 3 nitrogen and oxygen atoms in total. The summed E-state index contributed by atoms with van der Waals surface area (Å²) >= 11 is 0. The molecule has 0 bridgehead atoms. The zero-order valence-corrected chi connectivity index (χ0v) is 12.1. The Kier molecular flexibility index (Phi) is 4.63. The van der Waals surface area contributed by atoms with Crippen molar-refractivity contribution >= 4 is 9.84 Å². The predicted octanol–water partition coefficient (Wildman–Crippen LogP) is 2.92. The first-order chi connectivity index (χ1) is 9.70. The number of hydrogen-bond acceptors (Lipinski definition) is 3. The molecule has 0 saturated heterocycles. The maximum atomic E-state index is 12.6. The van der Waals surface area contributed by atoms with Crippen LogP contribution in [-0.2, 0) is 21.8 Å². The number of aliphatic hydroxyl groups is 1. The molecule has 1 aromatic rings. The summed E-state index contributed by atoms with van der Waals surface area (Å²) in [5.41, 5.74) is -0.762. The van der Waals surface area contributed by atoms with Gasteiger partial charge in [0.2, 0.25) is 0 Å². The van der Waals surface area contributed by atoms with Gasteiger partial charge in [0.05, 0.1) is 22.7 Å². The van der Waals surface area contributed by atoms with Crippen LogP contribution in [0.3, 0.4) is 0 Å². The maximum absolute atomic E-state index is 12.6. The van der Waals surface area contributed by atoms with Gasteiger partial charge in [-0.1, -0.05) is 31.0 Å². The molecule has 0 unspecified atom stereocenters. The van der Waals surface area contributed by atoms with Gasteiger partial charge >= 0.3 is 6.18 Å². The molecule has 118 valence electrons. The van der Waals surface area contributed by atoms with Crippen LogP contribution in [0.15, 0.2) is 24.3 Å². The molecule has 2 atom stereocenters. The summed E-state index contributed by atoms with van der Waals surface area (Å²) in [4.78, 5) is 0. The summed E-state index contributed by atoms with van der Waals surface area (Å²) < 4.78 is 62.5. The van der Waals surface area contributed by atoms with Crippen LogP contribution in [0.1, 0.15) is 36.8 Å². The van der Waals surface area contributed by atoms with Gasteiger partial charge in [-0.15, -0.1) is 0 Å². The van der Waals surface area contributed by atoms with E-state index in [0.29, 0.717) is 19.3 Å². The van der Waals surface area contributed by atoms with E-state index in [9.17, 15) is 26.7 Å². The summed E-state index contributed by atoms with van der Waals surface area (Å²) in [5, 5.41) is 8.93. The summed E-state index contributed by atoms with van der Waals surface area (Å²) in [6.07, 6.45) is -3.14. The van der Waals surface area contributed by atoms with Crippen LogP contribution < -0.4 is 0 Å². The van der Waals surface area contributed by atoms with Crippen LogP contribution in [0, 0.1) is 0 Å². The van der Waals surface area contributed by atoms with Crippen molar-refractivity contribution in [3.05, 3.63) is 35.4 Å². The molecule has 0 heterocycles. The molecule has 0 radical (unpaired) electrons. The van der Waals surface area contributed by atoms with Crippen molar-refractivity contribution in [3.8, 4) is 0 Å². The average Bonchev–Trinajstić information content (AvgIpc) is 2.37. The topological polar surface area (TPSA) is 54.4 Å². The SMILES string of the molecule is O=S(=O)(Cc1cccc(C(F)(F)F)c1)[C@H]1CCCC[C@H]1O. The lowest BCUT2D eigenvalue weighted by Crippen LogP contribution is -2.37. The van der Waals surface area contributed by atoms with Gasteiger partial charge in [-0.3, -0.25) is 0 Å². The third kappa shape index (κ3) is 3.97.